The molecule has 34 heavy (non-hydrogen) atoms. The van der Waals surface area contributed by atoms with Crippen LogP contribution in [0.4, 0.5) is 5.69 Å². The number of hydrogen-bond acceptors (Lipinski definition) is 4. The average molecular weight is 462 g/mol. The minimum absolute atomic E-state index is 0.132. The van der Waals surface area contributed by atoms with E-state index in [0.717, 1.165) is 36.0 Å². The summed E-state index contributed by atoms with van der Waals surface area (Å²) in [6, 6.07) is 5.59. The van der Waals surface area contributed by atoms with Crippen LogP contribution in [0.5, 0.6) is 0 Å². The fourth-order valence-corrected chi connectivity index (χ4v) is 4.85. The number of H-pyrrole nitrogens is 1. The molecule has 1 aromatic carbocycles. The van der Waals surface area contributed by atoms with Gasteiger partial charge >= 0.3 is 5.97 Å². The van der Waals surface area contributed by atoms with E-state index in [-0.39, 0.29) is 11.2 Å². The number of anilines is 1. The van der Waals surface area contributed by atoms with Gasteiger partial charge in [0, 0.05) is 11.3 Å². The number of allylic oxidation sites excluding steroid dienone is 2. The second-order valence-electron chi connectivity index (χ2n) is 10.2. The van der Waals surface area contributed by atoms with Crippen molar-refractivity contribution in [3.05, 3.63) is 53.1 Å². The lowest BCUT2D eigenvalue weighted by Gasteiger charge is -2.36. The van der Waals surface area contributed by atoms with Crippen molar-refractivity contribution in [3.63, 3.8) is 0 Å². The Morgan fingerprint density at radius 2 is 1.97 bits per heavy atom. The topological polar surface area (TPSA) is 115 Å². The van der Waals surface area contributed by atoms with E-state index in [2.05, 4.69) is 41.1 Å². The number of terminal acetylenes is 1. The molecule has 2 aliphatic carbocycles. The summed E-state index contributed by atoms with van der Waals surface area (Å²) in [5.41, 5.74) is 2.96. The van der Waals surface area contributed by atoms with Crippen LogP contribution >= 0.6 is 0 Å². The summed E-state index contributed by atoms with van der Waals surface area (Å²) in [5.74, 6) is 0.941. The normalized spacial score (nSPS) is 24.1. The van der Waals surface area contributed by atoms with E-state index < -0.39 is 23.4 Å². The summed E-state index contributed by atoms with van der Waals surface area (Å²) >= 11 is 0. The maximum absolute atomic E-state index is 12.8. The molecule has 7 nitrogen and oxygen atoms in total. The van der Waals surface area contributed by atoms with Crippen LogP contribution in [-0.2, 0) is 10.4 Å². The zero-order valence-electron chi connectivity index (χ0n) is 19.6. The lowest BCUT2D eigenvalue weighted by molar-refractivity contribution is -0.145. The average Bonchev–Trinajstić information content (AvgIpc) is 3.29. The second kappa shape index (κ2) is 9.11. The molecule has 0 atom stereocenters. The third-order valence-electron chi connectivity index (χ3n) is 7.23. The Hall–Kier alpha value is -3.37. The van der Waals surface area contributed by atoms with Crippen LogP contribution in [-0.4, -0.2) is 32.1 Å². The van der Waals surface area contributed by atoms with Crippen LogP contribution < -0.4 is 5.32 Å². The molecule has 0 unspecified atom stereocenters. The Bertz CT molecular complexity index is 1180. The Balaban J connectivity index is 1.66. The number of hydrogen-bond donors (Lipinski definition) is 4. The smallest absolute Gasteiger partial charge is 0.306 e. The molecule has 0 saturated heterocycles. The number of benzene rings is 1. The molecule has 2 aromatic rings. The van der Waals surface area contributed by atoms with Gasteiger partial charge in [-0.05, 0) is 73.6 Å². The zero-order chi connectivity index (χ0) is 24.5. The molecule has 1 heterocycles. The number of nitrogens with one attached hydrogen (secondary N) is 2. The predicted molar refractivity (Wildman–Crippen MR) is 130 cm³/mol. The summed E-state index contributed by atoms with van der Waals surface area (Å²) in [5, 5.41) is 23.7. The first-order chi connectivity index (χ1) is 16.1. The van der Waals surface area contributed by atoms with Crippen LogP contribution in [0.3, 0.4) is 0 Å². The molecule has 1 fully saturated rings. The van der Waals surface area contributed by atoms with Crippen LogP contribution in [0.25, 0.3) is 5.57 Å². The summed E-state index contributed by atoms with van der Waals surface area (Å²) in [6.07, 6.45) is 13.5. The van der Waals surface area contributed by atoms with Crippen molar-refractivity contribution in [2.24, 2.45) is 11.3 Å². The summed E-state index contributed by atoms with van der Waals surface area (Å²) in [7, 11) is 0. The predicted octanol–water partition coefficient (Wildman–Crippen LogP) is 4.70. The van der Waals surface area contributed by atoms with Crippen molar-refractivity contribution in [2.45, 2.75) is 64.4 Å². The van der Waals surface area contributed by atoms with Crippen molar-refractivity contribution in [1.29, 1.82) is 0 Å². The van der Waals surface area contributed by atoms with Gasteiger partial charge in [0.2, 0.25) is 0 Å². The van der Waals surface area contributed by atoms with Gasteiger partial charge in [-0.3, -0.25) is 9.59 Å². The molecule has 7 heteroatoms. The number of carboxylic acids is 1. The molecule has 1 amide bonds. The summed E-state index contributed by atoms with van der Waals surface area (Å²) in [4.78, 5) is 31.1. The molecule has 0 radical (unpaired) electrons. The highest BCUT2D eigenvalue weighted by molar-refractivity contribution is 6.03. The molecule has 0 spiro atoms. The number of carbonyl (C=O) groups is 2. The number of carboxylic acid groups (broad SMARTS) is 1. The van der Waals surface area contributed by atoms with Crippen molar-refractivity contribution in [1.82, 2.24) is 9.97 Å². The number of amides is 1. The van der Waals surface area contributed by atoms with E-state index in [4.69, 9.17) is 6.42 Å². The van der Waals surface area contributed by atoms with Gasteiger partial charge in [-0.2, -0.15) is 0 Å². The third-order valence-corrected chi connectivity index (χ3v) is 7.23. The molecule has 2 aliphatic rings. The van der Waals surface area contributed by atoms with Gasteiger partial charge in [0.15, 0.2) is 5.82 Å². The fourth-order valence-electron chi connectivity index (χ4n) is 4.85. The third kappa shape index (κ3) is 4.92. The van der Waals surface area contributed by atoms with Crippen molar-refractivity contribution in [2.75, 3.05) is 5.32 Å². The number of aromatic nitrogens is 2. The largest absolute Gasteiger partial charge is 0.481 e. The van der Waals surface area contributed by atoms with Crippen molar-refractivity contribution < 1.29 is 19.8 Å². The van der Waals surface area contributed by atoms with E-state index in [0.29, 0.717) is 37.1 Å². The SMILES string of the molecule is C#Cc1cnc(C(=O)Nc2ccc([C@]3(O)CC[C@@H](C(=O)O)CC3)cc2C2=CCC(C)(C)CC2)[nH]1. The first-order valence-electron chi connectivity index (χ1n) is 11.7. The van der Waals surface area contributed by atoms with E-state index in [9.17, 15) is 19.8 Å². The minimum Gasteiger partial charge on any atom is -0.481 e. The van der Waals surface area contributed by atoms with Gasteiger partial charge in [0.1, 0.15) is 5.69 Å². The highest BCUT2D eigenvalue weighted by atomic mass is 16.4. The molecular weight excluding hydrogens is 430 g/mol. The number of imidazole rings is 1. The Kier molecular flexibility index (Phi) is 6.37. The lowest BCUT2D eigenvalue weighted by Crippen LogP contribution is -2.34. The van der Waals surface area contributed by atoms with E-state index in [1.165, 1.54) is 6.20 Å². The number of aliphatic carboxylic acids is 1. The fraction of sp³-hybridized carbons (Fsp3) is 0.444. The molecule has 4 N–H and O–H groups in total. The highest BCUT2D eigenvalue weighted by Crippen LogP contribution is 2.44. The first kappa shape index (κ1) is 23.8. The Morgan fingerprint density at radius 3 is 2.56 bits per heavy atom. The Morgan fingerprint density at radius 1 is 1.24 bits per heavy atom. The number of aromatic amines is 1. The van der Waals surface area contributed by atoms with E-state index >= 15 is 0 Å². The molecule has 4 rings (SSSR count). The molecule has 0 aliphatic heterocycles. The molecular formula is C27H31N3O4. The first-order valence-corrected chi connectivity index (χ1v) is 11.7. The van der Waals surface area contributed by atoms with Crippen LogP contribution in [0, 0.1) is 23.7 Å². The van der Waals surface area contributed by atoms with Crippen molar-refractivity contribution >= 4 is 23.1 Å². The van der Waals surface area contributed by atoms with Crippen LogP contribution in [0.1, 0.15) is 86.2 Å². The standard InChI is InChI=1S/C27H31N3O4/c1-4-20-16-28-23(29-20)24(31)30-22-6-5-19(27(34)13-9-18(10-14-27)25(32)33)15-21(22)17-7-11-26(2,3)12-8-17/h1,5-7,15-16,18,34H,8-14H2,2-3H3,(H,28,29)(H,30,31)(H,32,33)/t18-,27+. The summed E-state index contributed by atoms with van der Waals surface area (Å²) in [6.45, 7) is 4.48. The van der Waals surface area contributed by atoms with Gasteiger partial charge in [-0.15, -0.1) is 6.42 Å². The van der Waals surface area contributed by atoms with E-state index in [1.54, 1.807) is 0 Å². The van der Waals surface area contributed by atoms with Crippen LogP contribution in [0.15, 0.2) is 30.5 Å². The number of nitrogens with zero attached hydrogens (tertiary/aromatic N) is 1. The van der Waals surface area contributed by atoms with Gasteiger partial charge in [-0.1, -0.05) is 31.9 Å². The van der Waals surface area contributed by atoms with Gasteiger partial charge in [-0.25, -0.2) is 4.98 Å². The quantitative estimate of drug-likeness (QED) is 0.482. The highest BCUT2D eigenvalue weighted by Gasteiger charge is 2.37. The number of aliphatic hydroxyl groups is 1. The number of rotatable bonds is 5. The molecule has 1 saturated carbocycles. The Labute approximate surface area is 199 Å². The summed E-state index contributed by atoms with van der Waals surface area (Å²) < 4.78 is 0. The maximum Gasteiger partial charge on any atom is 0.306 e. The molecule has 0 bridgehead atoms. The van der Waals surface area contributed by atoms with Gasteiger partial charge in [0.05, 0.1) is 17.7 Å². The maximum atomic E-state index is 12.8. The van der Waals surface area contributed by atoms with Gasteiger partial charge in [0.25, 0.3) is 5.91 Å². The lowest BCUT2D eigenvalue weighted by atomic mass is 9.73. The monoisotopic (exact) mass is 461 g/mol. The van der Waals surface area contributed by atoms with Gasteiger partial charge < -0.3 is 20.5 Å². The molecule has 178 valence electrons. The zero-order valence-corrected chi connectivity index (χ0v) is 19.6. The van der Waals surface area contributed by atoms with Crippen molar-refractivity contribution in [3.8, 4) is 12.3 Å². The molecule has 1 aromatic heterocycles. The number of carbonyl (C=O) groups excluding carboxylic acids is 1. The minimum atomic E-state index is -1.08. The second-order valence-corrected chi connectivity index (χ2v) is 10.2. The van der Waals surface area contributed by atoms with Crippen LogP contribution in [0.2, 0.25) is 0 Å². The van der Waals surface area contributed by atoms with E-state index in [1.807, 2.05) is 18.2 Å².